The number of hydrogen-bond acceptors (Lipinski definition) is 6. The second-order valence-corrected chi connectivity index (χ2v) is 6.00. The van der Waals surface area contributed by atoms with Gasteiger partial charge >= 0.3 is 0 Å². The topological polar surface area (TPSA) is 94.0 Å². The quantitative estimate of drug-likeness (QED) is 0.853. The number of aromatic nitrogens is 2. The minimum absolute atomic E-state index is 0.195. The maximum Gasteiger partial charge on any atom is 0.171 e. The van der Waals surface area contributed by atoms with Crippen molar-refractivity contribution in [2.45, 2.75) is 38.4 Å². The van der Waals surface area contributed by atoms with E-state index in [1.165, 1.54) is 0 Å². The van der Waals surface area contributed by atoms with Crippen LogP contribution in [0.3, 0.4) is 0 Å². The molecular weight excluding hydrogens is 292 g/mol. The Morgan fingerprint density at radius 2 is 1.91 bits per heavy atom. The SMILES string of the molecule is CC(C)(Oc1cc(C#N)c(N)cc1OC1CC1)c1ncccn1. The molecule has 1 heterocycles. The van der Waals surface area contributed by atoms with E-state index in [-0.39, 0.29) is 6.10 Å². The molecule has 0 unspecified atom stereocenters. The van der Waals surface area contributed by atoms with Crippen LogP contribution in [0.2, 0.25) is 0 Å². The summed E-state index contributed by atoms with van der Waals surface area (Å²) in [5, 5.41) is 9.19. The first-order valence-electron chi connectivity index (χ1n) is 7.46. The summed E-state index contributed by atoms with van der Waals surface area (Å²) in [5.74, 6) is 1.57. The summed E-state index contributed by atoms with van der Waals surface area (Å²) >= 11 is 0. The van der Waals surface area contributed by atoms with Crippen LogP contribution >= 0.6 is 0 Å². The van der Waals surface area contributed by atoms with Gasteiger partial charge in [0.15, 0.2) is 22.9 Å². The summed E-state index contributed by atoms with van der Waals surface area (Å²) in [4.78, 5) is 8.49. The lowest BCUT2D eigenvalue weighted by atomic mass is 10.1. The van der Waals surface area contributed by atoms with Crippen LogP contribution in [-0.2, 0) is 5.60 Å². The van der Waals surface area contributed by atoms with E-state index in [9.17, 15) is 5.26 Å². The number of nitrogens with zero attached hydrogens (tertiary/aromatic N) is 3. The summed E-state index contributed by atoms with van der Waals surface area (Å²) < 4.78 is 12.0. The molecule has 1 aliphatic carbocycles. The van der Waals surface area contributed by atoms with Gasteiger partial charge in [0.05, 0.1) is 17.4 Å². The van der Waals surface area contributed by atoms with Crippen LogP contribution in [-0.4, -0.2) is 16.1 Å². The second kappa shape index (κ2) is 5.76. The van der Waals surface area contributed by atoms with Gasteiger partial charge in [-0.15, -0.1) is 0 Å². The smallest absolute Gasteiger partial charge is 0.171 e. The Balaban J connectivity index is 1.95. The lowest BCUT2D eigenvalue weighted by molar-refractivity contribution is 0.0920. The fourth-order valence-corrected chi connectivity index (χ4v) is 2.14. The van der Waals surface area contributed by atoms with E-state index in [0.717, 1.165) is 12.8 Å². The predicted molar refractivity (Wildman–Crippen MR) is 84.9 cm³/mol. The molecule has 0 aliphatic heterocycles. The van der Waals surface area contributed by atoms with Crippen molar-refractivity contribution in [2.24, 2.45) is 0 Å². The van der Waals surface area contributed by atoms with Gasteiger partial charge in [-0.3, -0.25) is 0 Å². The lowest BCUT2D eigenvalue weighted by Gasteiger charge is -2.26. The summed E-state index contributed by atoms with van der Waals surface area (Å²) in [6.07, 6.45) is 5.56. The van der Waals surface area contributed by atoms with Crippen LogP contribution in [0.25, 0.3) is 0 Å². The molecule has 0 bridgehead atoms. The molecule has 0 amide bonds. The third kappa shape index (κ3) is 3.34. The van der Waals surface area contributed by atoms with Gasteiger partial charge in [-0.1, -0.05) is 0 Å². The van der Waals surface area contributed by atoms with Crippen molar-refractivity contribution in [1.82, 2.24) is 9.97 Å². The van der Waals surface area contributed by atoms with Gasteiger partial charge in [0, 0.05) is 24.5 Å². The van der Waals surface area contributed by atoms with Crippen molar-refractivity contribution < 1.29 is 9.47 Å². The first-order valence-corrected chi connectivity index (χ1v) is 7.46. The van der Waals surface area contributed by atoms with E-state index in [4.69, 9.17) is 15.2 Å². The first-order chi connectivity index (χ1) is 11.0. The molecule has 0 saturated heterocycles. The molecule has 2 aromatic rings. The number of nitrogen functional groups attached to an aromatic ring is 1. The van der Waals surface area contributed by atoms with Crippen LogP contribution in [0.15, 0.2) is 30.6 Å². The molecule has 3 rings (SSSR count). The van der Waals surface area contributed by atoms with Gasteiger partial charge in [-0.25, -0.2) is 9.97 Å². The first kappa shape index (κ1) is 15.1. The second-order valence-electron chi connectivity index (χ2n) is 6.00. The van der Waals surface area contributed by atoms with Gasteiger partial charge in [-0.2, -0.15) is 5.26 Å². The van der Waals surface area contributed by atoms with E-state index in [0.29, 0.717) is 28.6 Å². The zero-order chi connectivity index (χ0) is 16.4. The Bertz CT molecular complexity index is 749. The largest absolute Gasteiger partial charge is 0.486 e. The average Bonchev–Trinajstić information content (AvgIpc) is 3.34. The van der Waals surface area contributed by atoms with Crippen molar-refractivity contribution in [3.63, 3.8) is 0 Å². The van der Waals surface area contributed by atoms with E-state index >= 15 is 0 Å². The van der Waals surface area contributed by atoms with Crippen LogP contribution in [0, 0.1) is 11.3 Å². The van der Waals surface area contributed by atoms with Crippen LogP contribution in [0.1, 0.15) is 38.1 Å². The number of rotatable bonds is 5. The molecule has 6 heteroatoms. The Labute approximate surface area is 134 Å². The molecule has 1 aliphatic rings. The third-order valence-corrected chi connectivity index (χ3v) is 3.52. The third-order valence-electron chi connectivity index (χ3n) is 3.52. The molecule has 1 saturated carbocycles. The van der Waals surface area contributed by atoms with Crippen LogP contribution in [0.5, 0.6) is 11.5 Å². The molecule has 0 spiro atoms. The van der Waals surface area contributed by atoms with Gasteiger partial charge in [0.25, 0.3) is 0 Å². The summed E-state index contributed by atoms with van der Waals surface area (Å²) in [6, 6.07) is 7.07. The highest BCUT2D eigenvalue weighted by Gasteiger charge is 2.30. The Kier molecular flexibility index (Phi) is 3.78. The molecule has 6 nitrogen and oxygen atoms in total. The predicted octanol–water partition coefficient (Wildman–Crippen LogP) is 2.79. The number of hydrogen-bond donors (Lipinski definition) is 1. The fraction of sp³-hybridized carbons (Fsp3) is 0.353. The average molecular weight is 310 g/mol. The fourth-order valence-electron chi connectivity index (χ4n) is 2.14. The number of anilines is 1. The molecule has 0 radical (unpaired) electrons. The molecule has 118 valence electrons. The van der Waals surface area contributed by atoms with E-state index in [1.807, 2.05) is 13.8 Å². The molecule has 2 N–H and O–H groups in total. The maximum absolute atomic E-state index is 9.19. The highest BCUT2D eigenvalue weighted by atomic mass is 16.5. The van der Waals surface area contributed by atoms with Crippen LogP contribution < -0.4 is 15.2 Å². The Hall–Kier alpha value is -2.81. The van der Waals surface area contributed by atoms with E-state index in [2.05, 4.69) is 16.0 Å². The summed E-state index contributed by atoms with van der Waals surface area (Å²) in [6.45, 7) is 3.73. The minimum atomic E-state index is -0.772. The number of nitriles is 1. The molecule has 0 atom stereocenters. The zero-order valence-corrected chi connectivity index (χ0v) is 13.1. The molecule has 1 aromatic carbocycles. The van der Waals surface area contributed by atoms with Crippen molar-refractivity contribution in [3.8, 4) is 17.6 Å². The number of benzene rings is 1. The van der Waals surface area contributed by atoms with Gasteiger partial charge in [-0.05, 0) is 32.8 Å². The van der Waals surface area contributed by atoms with Gasteiger partial charge in [0.1, 0.15) is 6.07 Å². The summed E-state index contributed by atoms with van der Waals surface area (Å²) in [7, 11) is 0. The van der Waals surface area contributed by atoms with Crippen molar-refractivity contribution >= 4 is 5.69 Å². The Morgan fingerprint density at radius 3 is 2.52 bits per heavy atom. The molecule has 23 heavy (non-hydrogen) atoms. The van der Waals surface area contributed by atoms with Gasteiger partial charge in [0.2, 0.25) is 0 Å². The number of ether oxygens (including phenoxy) is 2. The molecule has 1 fully saturated rings. The highest BCUT2D eigenvalue weighted by Crippen LogP contribution is 2.39. The normalized spacial score (nSPS) is 14.1. The van der Waals surface area contributed by atoms with Crippen molar-refractivity contribution in [1.29, 1.82) is 5.26 Å². The summed E-state index contributed by atoms with van der Waals surface area (Å²) in [5.41, 5.74) is 5.85. The number of nitrogens with two attached hydrogens (primary N) is 1. The van der Waals surface area contributed by atoms with Crippen molar-refractivity contribution in [2.75, 3.05) is 5.73 Å². The standard InChI is InChI=1S/C17H18N4O2/c1-17(2,16-20-6-3-7-21-16)23-15-8-11(10-18)13(19)9-14(15)22-12-4-5-12/h3,6-9,12H,4-5,19H2,1-2H3. The van der Waals surface area contributed by atoms with Crippen molar-refractivity contribution in [3.05, 3.63) is 42.0 Å². The van der Waals surface area contributed by atoms with E-state index in [1.54, 1.807) is 30.6 Å². The molecular formula is C17H18N4O2. The zero-order valence-electron chi connectivity index (χ0n) is 13.1. The Morgan fingerprint density at radius 1 is 1.22 bits per heavy atom. The van der Waals surface area contributed by atoms with Crippen LogP contribution in [0.4, 0.5) is 5.69 Å². The van der Waals surface area contributed by atoms with E-state index < -0.39 is 5.60 Å². The maximum atomic E-state index is 9.19. The highest BCUT2D eigenvalue weighted by molar-refractivity contribution is 5.62. The molecule has 1 aromatic heterocycles. The lowest BCUT2D eigenvalue weighted by Crippen LogP contribution is -2.28. The van der Waals surface area contributed by atoms with Gasteiger partial charge < -0.3 is 15.2 Å². The minimum Gasteiger partial charge on any atom is -0.486 e. The monoisotopic (exact) mass is 310 g/mol.